The molecule has 0 saturated heterocycles. The summed E-state index contributed by atoms with van der Waals surface area (Å²) in [5.41, 5.74) is 1.24. The van der Waals surface area contributed by atoms with Gasteiger partial charge in [0.05, 0.1) is 5.54 Å². The molecule has 2 aromatic rings. The second-order valence-electron chi connectivity index (χ2n) is 9.29. The molecule has 1 atom stereocenters. The molecule has 6 rings (SSSR count). The van der Waals surface area contributed by atoms with E-state index in [0.29, 0.717) is 5.54 Å². The second kappa shape index (κ2) is 6.09. The van der Waals surface area contributed by atoms with Crippen LogP contribution in [0.2, 0.25) is 0 Å². The summed E-state index contributed by atoms with van der Waals surface area (Å²) >= 11 is 0. The Bertz CT molecular complexity index is 808. The number of hydrogen-bond donors (Lipinski definition) is 2. The van der Waals surface area contributed by atoms with Gasteiger partial charge in [0.1, 0.15) is 0 Å². The highest BCUT2D eigenvalue weighted by Gasteiger charge is 2.54. The summed E-state index contributed by atoms with van der Waals surface area (Å²) in [6, 6.07) is 14.4. The van der Waals surface area contributed by atoms with E-state index in [1.807, 2.05) is 18.2 Å². The molecule has 4 aliphatic rings. The van der Waals surface area contributed by atoms with Crippen molar-refractivity contribution in [2.75, 3.05) is 5.32 Å². The summed E-state index contributed by atoms with van der Waals surface area (Å²) in [7, 11) is 0. The van der Waals surface area contributed by atoms with Gasteiger partial charge in [0.15, 0.2) is 6.04 Å². The topological polar surface area (TPSA) is 45.7 Å². The lowest BCUT2D eigenvalue weighted by Gasteiger charge is -2.55. The first-order valence-corrected chi connectivity index (χ1v) is 10.2. The van der Waals surface area contributed by atoms with E-state index in [1.54, 1.807) is 0 Å². The van der Waals surface area contributed by atoms with Crippen LogP contribution >= 0.6 is 0 Å². The smallest absolute Gasteiger partial charge is 0.282 e. The minimum atomic E-state index is -0.0299. The highest BCUT2D eigenvalue weighted by molar-refractivity contribution is 5.96. The zero-order chi connectivity index (χ0) is 17.7. The van der Waals surface area contributed by atoms with E-state index in [1.165, 1.54) is 49.3 Å². The summed E-state index contributed by atoms with van der Waals surface area (Å²) in [6.45, 7) is 2.08. The number of amides is 1. The summed E-state index contributed by atoms with van der Waals surface area (Å²) in [4.78, 5) is 12.8. The summed E-state index contributed by atoms with van der Waals surface area (Å²) in [5.74, 6) is 2.91. The van der Waals surface area contributed by atoms with E-state index < -0.39 is 0 Å². The number of rotatable bonds is 4. The van der Waals surface area contributed by atoms with Crippen molar-refractivity contribution in [1.82, 2.24) is 0 Å². The normalized spacial score (nSPS) is 33.3. The van der Waals surface area contributed by atoms with Crippen molar-refractivity contribution in [1.29, 1.82) is 0 Å². The molecule has 26 heavy (non-hydrogen) atoms. The number of quaternary nitrogens is 1. The SMILES string of the molecule is C[C@@H]([NH2+]C12CC3CC(CC(C3)C1)C2)C(=O)Nc1ccc2ccccc2c1. The lowest BCUT2D eigenvalue weighted by Crippen LogP contribution is -3.03. The van der Waals surface area contributed by atoms with E-state index in [9.17, 15) is 4.79 Å². The highest BCUT2D eigenvalue weighted by atomic mass is 16.2. The van der Waals surface area contributed by atoms with Gasteiger partial charge in [0.25, 0.3) is 5.91 Å². The van der Waals surface area contributed by atoms with E-state index in [2.05, 4.69) is 41.8 Å². The molecule has 2 aromatic carbocycles. The molecule has 136 valence electrons. The fourth-order valence-electron chi connectivity index (χ4n) is 6.51. The zero-order valence-electron chi connectivity index (χ0n) is 15.6. The Hall–Kier alpha value is -1.87. The lowest BCUT2D eigenvalue weighted by molar-refractivity contribution is -0.754. The van der Waals surface area contributed by atoms with Crippen LogP contribution in [0, 0.1) is 17.8 Å². The fourth-order valence-corrected chi connectivity index (χ4v) is 6.51. The molecule has 4 aliphatic carbocycles. The Labute approximate surface area is 155 Å². The van der Waals surface area contributed by atoms with Crippen molar-refractivity contribution in [2.45, 2.75) is 57.0 Å². The zero-order valence-corrected chi connectivity index (χ0v) is 15.6. The summed E-state index contributed by atoms with van der Waals surface area (Å²) in [6.07, 6.45) is 8.33. The lowest BCUT2D eigenvalue weighted by atomic mass is 9.53. The molecule has 0 unspecified atom stereocenters. The molecule has 0 radical (unpaired) electrons. The molecule has 0 spiro atoms. The minimum Gasteiger partial charge on any atom is -0.331 e. The van der Waals surface area contributed by atoms with E-state index in [0.717, 1.165) is 23.4 Å². The Morgan fingerprint density at radius 2 is 1.62 bits per heavy atom. The third-order valence-corrected chi connectivity index (χ3v) is 7.12. The maximum Gasteiger partial charge on any atom is 0.282 e. The van der Waals surface area contributed by atoms with Crippen molar-refractivity contribution in [3.8, 4) is 0 Å². The Balaban J connectivity index is 1.28. The average Bonchev–Trinajstić information content (AvgIpc) is 2.60. The standard InChI is InChI=1S/C23H28N2O/c1-15(25-23-12-16-8-17(13-23)10-18(9-16)14-23)22(26)24-21-7-6-19-4-2-3-5-20(19)11-21/h2-7,11,15-18,25H,8-10,12-14H2,1H3,(H,24,26)/p+1/t15-,16?,17?,18?,23?/m1/s1. The highest BCUT2D eigenvalue weighted by Crippen LogP contribution is 2.54. The average molecular weight is 349 g/mol. The summed E-state index contributed by atoms with van der Waals surface area (Å²) in [5, 5.41) is 7.95. The Kier molecular flexibility index (Phi) is 3.82. The monoisotopic (exact) mass is 349 g/mol. The third-order valence-electron chi connectivity index (χ3n) is 7.12. The number of benzene rings is 2. The number of anilines is 1. The molecular weight excluding hydrogens is 320 g/mol. The first kappa shape index (κ1) is 16.3. The first-order valence-electron chi connectivity index (χ1n) is 10.2. The van der Waals surface area contributed by atoms with Crippen molar-refractivity contribution < 1.29 is 10.1 Å². The van der Waals surface area contributed by atoms with Gasteiger partial charge in [-0.05, 0) is 66.8 Å². The van der Waals surface area contributed by atoms with E-state index in [4.69, 9.17) is 0 Å². The number of hydrogen-bond acceptors (Lipinski definition) is 1. The fraction of sp³-hybridized carbons (Fsp3) is 0.522. The van der Waals surface area contributed by atoms with Crippen LogP contribution < -0.4 is 10.6 Å². The van der Waals surface area contributed by atoms with Crippen LogP contribution in [0.15, 0.2) is 42.5 Å². The Morgan fingerprint density at radius 1 is 1.00 bits per heavy atom. The number of carbonyl (C=O) groups is 1. The first-order chi connectivity index (χ1) is 12.6. The molecule has 3 N–H and O–H groups in total. The molecule has 0 heterocycles. The molecule has 4 bridgehead atoms. The number of nitrogens with one attached hydrogen (secondary N) is 1. The van der Waals surface area contributed by atoms with Crippen LogP contribution in [0.4, 0.5) is 5.69 Å². The number of fused-ring (bicyclic) bond motifs is 1. The van der Waals surface area contributed by atoms with Crippen LogP contribution in [0.25, 0.3) is 10.8 Å². The van der Waals surface area contributed by atoms with Crippen molar-refractivity contribution in [2.24, 2.45) is 17.8 Å². The van der Waals surface area contributed by atoms with Gasteiger partial charge in [-0.15, -0.1) is 0 Å². The summed E-state index contributed by atoms with van der Waals surface area (Å²) < 4.78 is 0. The van der Waals surface area contributed by atoms with E-state index >= 15 is 0 Å². The van der Waals surface area contributed by atoms with Crippen LogP contribution in [0.3, 0.4) is 0 Å². The van der Waals surface area contributed by atoms with Crippen LogP contribution in [0.1, 0.15) is 45.4 Å². The van der Waals surface area contributed by atoms with Gasteiger partial charge in [0, 0.05) is 24.9 Å². The maximum absolute atomic E-state index is 12.8. The van der Waals surface area contributed by atoms with Crippen LogP contribution in [0.5, 0.6) is 0 Å². The molecule has 0 aliphatic heterocycles. The van der Waals surface area contributed by atoms with E-state index in [-0.39, 0.29) is 11.9 Å². The third kappa shape index (κ3) is 2.92. The molecule has 4 saturated carbocycles. The molecule has 4 fully saturated rings. The van der Waals surface area contributed by atoms with Gasteiger partial charge >= 0.3 is 0 Å². The van der Waals surface area contributed by atoms with Gasteiger partial charge in [0.2, 0.25) is 0 Å². The van der Waals surface area contributed by atoms with Gasteiger partial charge < -0.3 is 10.6 Å². The van der Waals surface area contributed by atoms with Crippen LogP contribution in [-0.4, -0.2) is 17.5 Å². The van der Waals surface area contributed by atoms with Gasteiger partial charge in [-0.1, -0.05) is 30.3 Å². The largest absolute Gasteiger partial charge is 0.331 e. The quantitative estimate of drug-likeness (QED) is 0.869. The van der Waals surface area contributed by atoms with Crippen molar-refractivity contribution >= 4 is 22.4 Å². The van der Waals surface area contributed by atoms with Crippen molar-refractivity contribution in [3.05, 3.63) is 42.5 Å². The molecule has 0 aromatic heterocycles. The van der Waals surface area contributed by atoms with Crippen molar-refractivity contribution in [3.63, 3.8) is 0 Å². The predicted octanol–water partition coefficient (Wildman–Crippen LogP) is 3.70. The maximum atomic E-state index is 12.8. The Morgan fingerprint density at radius 3 is 2.27 bits per heavy atom. The number of carbonyl (C=O) groups excluding carboxylic acids is 1. The van der Waals surface area contributed by atoms with Gasteiger partial charge in [-0.25, -0.2) is 0 Å². The van der Waals surface area contributed by atoms with Gasteiger partial charge in [-0.2, -0.15) is 0 Å². The molecule has 3 heteroatoms. The number of nitrogens with two attached hydrogens (primary N) is 1. The molecule has 1 amide bonds. The predicted molar refractivity (Wildman–Crippen MR) is 105 cm³/mol. The molecule has 3 nitrogen and oxygen atoms in total. The molecular formula is C23H29N2O+. The second-order valence-corrected chi connectivity index (χ2v) is 9.29. The van der Waals surface area contributed by atoms with Gasteiger partial charge in [-0.3, -0.25) is 4.79 Å². The van der Waals surface area contributed by atoms with Crippen LogP contribution in [-0.2, 0) is 4.79 Å². The minimum absolute atomic E-state index is 0.0299.